The fraction of sp³-hybridized carbons (Fsp3) is 0.350. The van der Waals surface area contributed by atoms with Crippen molar-refractivity contribution in [2.45, 2.75) is 25.9 Å². The molecule has 0 aliphatic carbocycles. The number of nitrogens with zero attached hydrogens (tertiary/aromatic N) is 6. The lowest BCUT2D eigenvalue weighted by molar-refractivity contribution is 0.318. The van der Waals surface area contributed by atoms with Gasteiger partial charge in [-0.1, -0.05) is 18.2 Å². The largest absolute Gasteiger partial charge is 0.341 e. The van der Waals surface area contributed by atoms with Gasteiger partial charge in [0.2, 0.25) is 5.95 Å². The van der Waals surface area contributed by atoms with Crippen molar-refractivity contribution < 1.29 is 0 Å². The predicted octanol–water partition coefficient (Wildman–Crippen LogP) is 2.89. The first-order valence-corrected chi connectivity index (χ1v) is 9.11. The van der Waals surface area contributed by atoms with Gasteiger partial charge in [0.1, 0.15) is 0 Å². The molecule has 0 N–H and O–H groups in total. The maximum Gasteiger partial charge on any atom is 0.225 e. The second-order valence-electron chi connectivity index (χ2n) is 6.89. The summed E-state index contributed by atoms with van der Waals surface area (Å²) in [5.41, 5.74) is 3.39. The standard InChI is InChI=1S/C20H24N6/c1-24(14-17-11-21-20(22-12-17)25-9-5-6-10-25)15-18-13-23-26(16-18)19-7-3-2-4-8-19/h2-4,7-8,11-13,16H,5-6,9-10,14-15H2,1H3. The number of benzene rings is 1. The van der Waals surface area contributed by atoms with Crippen molar-refractivity contribution in [3.8, 4) is 5.69 Å². The van der Waals surface area contributed by atoms with Crippen LogP contribution in [0.4, 0.5) is 5.95 Å². The zero-order valence-electron chi connectivity index (χ0n) is 15.1. The van der Waals surface area contributed by atoms with Crippen molar-refractivity contribution >= 4 is 5.95 Å². The van der Waals surface area contributed by atoms with Crippen molar-refractivity contribution in [2.24, 2.45) is 0 Å². The van der Waals surface area contributed by atoms with E-state index in [1.54, 1.807) is 0 Å². The van der Waals surface area contributed by atoms with Crippen LogP contribution >= 0.6 is 0 Å². The van der Waals surface area contributed by atoms with Crippen molar-refractivity contribution in [3.05, 3.63) is 66.2 Å². The minimum absolute atomic E-state index is 0.816. The van der Waals surface area contributed by atoms with E-state index in [0.717, 1.165) is 43.4 Å². The van der Waals surface area contributed by atoms with E-state index in [0.29, 0.717) is 0 Å². The molecule has 1 aliphatic rings. The van der Waals surface area contributed by atoms with Gasteiger partial charge in [-0.2, -0.15) is 5.10 Å². The summed E-state index contributed by atoms with van der Waals surface area (Å²) < 4.78 is 1.91. The Hall–Kier alpha value is -2.73. The van der Waals surface area contributed by atoms with Crippen molar-refractivity contribution in [3.63, 3.8) is 0 Å². The zero-order chi connectivity index (χ0) is 17.8. The van der Waals surface area contributed by atoms with Gasteiger partial charge in [-0.3, -0.25) is 4.90 Å². The molecule has 0 saturated carbocycles. The van der Waals surface area contributed by atoms with E-state index >= 15 is 0 Å². The lowest BCUT2D eigenvalue weighted by Gasteiger charge is -2.17. The van der Waals surface area contributed by atoms with Crippen LogP contribution in [0.15, 0.2) is 55.1 Å². The summed E-state index contributed by atoms with van der Waals surface area (Å²) in [6.07, 6.45) is 10.4. The topological polar surface area (TPSA) is 50.1 Å². The maximum atomic E-state index is 4.54. The maximum absolute atomic E-state index is 4.54. The molecule has 26 heavy (non-hydrogen) atoms. The van der Waals surface area contributed by atoms with Crippen LogP contribution in [0.3, 0.4) is 0 Å². The number of hydrogen-bond acceptors (Lipinski definition) is 5. The lowest BCUT2D eigenvalue weighted by Crippen LogP contribution is -2.21. The normalized spacial score (nSPS) is 14.3. The summed E-state index contributed by atoms with van der Waals surface area (Å²) in [5.74, 6) is 0.859. The Morgan fingerprint density at radius 1 is 0.923 bits per heavy atom. The van der Waals surface area contributed by atoms with E-state index in [1.165, 1.54) is 18.4 Å². The molecule has 0 unspecified atom stereocenters. The summed E-state index contributed by atoms with van der Waals surface area (Å²) in [5, 5.41) is 4.46. The molecule has 0 spiro atoms. The van der Waals surface area contributed by atoms with Crippen LogP contribution in [0, 0.1) is 0 Å². The SMILES string of the molecule is CN(Cc1cnc(N2CCCC2)nc1)Cc1cnn(-c2ccccc2)c1. The second kappa shape index (κ2) is 7.66. The van der Waals surface area contributed by atoms with E-state index in [-0.39, 0.29) is 0 Å². The molecule has 6 heteroatoms. The summed E-state index contributed by atoms with van der Waals surface area (Å²) in [7, 11) is 2.11. The Labute approximate surface area is 154 Å². The van der Waals surface area contributed by atoms with Gasteiger partial charge in [0, 0.05) is 55.9 Å². The van der Waals surface area contributed by atoms with Gasteiger partial charge in [0.05, 0.1) is 11.9 Å². The molecule has 0 atom stereocenters. The Bertz CT molecular complexity index is 821. The Morgan fingerprint density at radius 3 is 2.35 bits per heavy atom. The van der Waals surface area contributed by atoms with Crippen molar-refractivity contribution in [1.82, 2.24) is 24.6 Å². The lowest BCUT2D eigenvalue weighted by atomic mass is 10.3. The summed E-state index contributed by atoms with van der Waals surface area (Å²) in [4.78, 5) is 13.6. The van der Waals surface area contributed by atoms with Gasteiger partial charge in [-0.05, 0) is 32.0 Å². The molecule has 134 valence electrons. The van der Waals surface area contributed by atoms with Gasteiger partial charge in [-0.25, -0.2) is 14.6 Å². The molecule has 0 radical (unpaired) electrons. The van der Waals surface area contributed by atoms with Crippen LogP contribution in [0.2, 0.25) is 0 Å². The van der Waals surface area contributed by atoms with Crippen molar-refractivity contribution in [1.29, 1.82) is 0 Å². The van der Waals surface area contributed by atoms with E-state index in [4.69, 9.17) is 0 Å². The number of para-hydroxylation sites is 1. The van der Waals surface area contributed by atoms with Gasteiger partial charge >= 0.3 is 0 Å². The molecule has 2 aromatic heterocycles. The van der Waals surface area contributed by atoms with Crippen LogP contribution < -0.4 is 4.90 Å². The minimum atomic E-state index is 0.816. The number of aromatic nitrogens is 4. The molecule has 3 heterocycles. The average molecular weight is 348 g/mol. The Balaban J connectivity index is 1.35. The highest BCUT2D eigenvalue weighted by Crippen LogP contribution is 2.16. The third-order valence-electron chi connectivity index (χ3n) is 4.64. The van der Waals surface area contributed by atoms with Gasteiger partial charge in [0.15, 0.2) is 0 Å². The molecular formula is C20H24N6. The van der Waals surface area contributed by atoms with Crippen molar-refractivity contribution in [2.75, 3.05) is 25.0 Å². The zero-order valence-corrected chi connectivity index (χ0v) is 15.1. The molecule has 0 amide bonds. The Kier molecular flexibility index (Phi) is 4.93. The predicted molar refractivity (Wildman–Crippen MR) is 102 cm³/mol. The van der Waals surface area contributed by atoms with Gasteiger partial charge in [0.25, 0.3) is 0 Å². The molecule has 4 rings (SSSR count). The van der Waals surface area contributed by atoms with Crippen LogP contribution in [-0.4, -0.2) is 44.8 Å². The number of rotatable bonds is 6. The second-order valence-corrected chi connectivity index (χ2v) is 6.89. The van der Waals surface area contributed by atoms with Crippen LogP contribution in [0.5, 0.6) is 0 Å². The first-order valence-electron chi connectivity index (χ1n) is 9.11. The molecule has 1 fully saturated rings. The van der Waals surface area contributed by atoms with Gasteiger partial charge in [-0.15, -0.1) is 0 Å². The number of hydrogen-bond donors (Lipinski definition) is 0. The van der Waals surface area contributed by atoms with Crippen LogP contribution in [0.25, 0.3) is 5.69 Å². The molecule has 0 bridgehead atoms. The average Bonchev–Trinajstić information content (AvgIpc) is 3.35. The molecule has 3 aromatic rings. The fourth-order valence-electron chi connectivity index (χ4n) is 3.35. The third-order valence-corrected chi connectivity index (χ3v) is 4.64. The van der Waals surface area contributed by atoms with E-state index in [2.05, 4.69) is 50.2 Å². The van der Waals surface area contributed by atoms with E-state index < -0.39 is 0 Å². The van der Waals surface area contributed by atoms with Crippen LogP contribution in [0.1, 0.15) is 24.0 Å². The minimum Gasteiger partial charge on any atom is -0.341 e. The van der Waals surface area contributed by atoms with E-state index in [9.17, 15) is 0 Å². The smallest absolute Gasteiger partial charge is 0.225 e. The highest BCUT2D eigenvalue weighted by Gasteiger charge is 2.14. The molecule has 6 nitrogen and oxygen atoms in total. The number of anilines is 1. The molecule has 1 saturated heterocycles. The first kappa shape index (κ1) is 16.7. The van der Waals surface area contributed by atoms with Gasteiger partial charge < -0.3 is 4.90 Å². The monoisotopic (exact) mass is 348 g/mol. The molecule has 1 aliphatic heterocycles. The quantitative estimate of drug-likeness (QED) is 0.685. The fourth-order valence-corrected chi connectivity index (χ4v) is 3.35. The molecular weight excluding hydrogens is 324 g/mol. The third kappa shape index (κ3) is 3.91. The Morgan fingerprint density at radius 2 is 1.62 bits per heavy atom. The highest BCUT2D eigenvalue weighted by atomic mass is 15.3. The summed E-state index contributed by atoms with van der Waals surface area (Å²) >= 11 is 0. The first-order chi connectivity index (χ1) is 12.8. The summed E-state index contributed by atoms with van der Waals surface area (Å²) in [6, 6.07) is 10.2. The highest BCUT2D eigenvalue weighted by molar-refractivity contribution is 5.32. The summed E-state index contributed by atoms with van der Waals surface area (Å²) in [6.45, 7) is 3.80. The molecule has 1 aromatic carbocycles. The van der Waals surface area contributed by atoms with Crippen LogP contribution in [-0.2, 0) is 13.1 Å². The van der Waals surface area contributed by atoms with E-state index in [1.807, 2.05) is 41.5 Å².